The second-order valence-electron chi connectivity index (χ2n) is 9.97. The number of para-hydroxylation sites is 1. The van der Waals surface area contributed by atoms with Crippen molar-refractivity contribution in [1.82, 2.24) is 19.6 Å². The number of hydrogen-bond donors (Lipinski definition) is 3. The standard InChI is InChI=1S/C28H33N5O9S2/c1-18(2)13-33(44(37,38)21-9-10-22-25(11-21)42-26(30-22)32-27(35)39-3)14-24(34)23(16-40-19-7-5-4-6-8-19)31-28(36)41-15-20-12-29-17-43-20/h4-12,17-18,23-24,34H,13-16H2,1-3H3,(H,31,36)(H,30,32,35). The summed E-state index contributed by atoms with van der Waals surface area (Å²) in [7, 11) is -3.01. The van der Waals surface area contributed by atoms with Crippen LogP contribution in [0.1, 0.15) is 18.7 Å². The number of aliphatic hydroxyl groups is 1. The lowest BCUT2D eigenvalue weighted by molar-refractivity contribution is 0.0687. The second kappa shape index (κ2) is 15.0. The van der Waals surface area contributed by atoms with Crippen molar-refractivity contribution >= 4 is 50.7 Å². The lowest BCUT2D eigenvalue weighted by atomic mass is 10.1. The maximum absolute atomic E-state index is 13.9. The number of alkyl carbamates (subject to hydrolysis) is 1. The number of amides is 2. The Balaban J connectivity index is 1.54. The zero-order valence-corrected chi connectivity index (χ0v) is 25.8. The molecule has 2 heterocycles. The third kappa shape index (κ3) is 8.89. The van der Waals surface area contributed by atoms with Crippen molar-refractivity contribution in [1.29, 1.82) is 0 Å². The van der Waals surface area contributed by atoms with Gasteiger partial charge >= 0.3 is 18.2 Å². The molecule has 2 atom stereocenters. The minimum absolute atomic E-state index is 0.0202. The summed E-state index contributed by atoms with van der Waals surface area (Å²) in [4.78, 5) is 32.8. The molecule has 0 aliphatic carbocycles. The van der Waals surface area contributed by atoms with Gasteiger partial charge in [0.25, 0.3) is 0 Å². The van der Waals surface area contributed by atoms with E-state index in [4.69, 9.17) is 13.9 Å². The number of thiazole rings is 1. The van der Waals surface area contributed by atoms with Gasteiger partial charge in [-0.3, -0.25) is 4.98 Å². The first kappa shape index (κ1) is 32.7. The lowest BCUT2D eigenvalue weighted by Crippen LogP contribution is -2.52. The molecule has 0 aliphatic heterocycles. The number of ether oxygens (including phenoxy) is 3. The summed E-state index contributed by atoms with van der Waals surface area (Å²) < 4.78 is 49.9. The highest BCUT2D eigenvalue weighted by Crippen LogP contribution is 2.25. The molecular formula is C28H33N5O9S2. The molecule has 0 radical (unpaired) electrons. The lowest BCUT2D eigenvalue weighted by Gasteiger charge is -2.30. The van der Waals surface area contributed by atoms with Gasteiger partial charge in [0.2, 0.25) is 10.0 Å². The van der Waals surface area contributed by atoms with E-state index in [0.29, 0.717) is 11.3 Å². The Morgan fingerprint density at radius 2 is 1.89 bits per heavy atom. The zero-order chi connectivity index (χ0) is 31.7. The van der Waals surface area contributed by atoms with Crippen LogP contribution in [0, 0.1) is 5.92 Å². The average Bonchev–Trinajstić information content (AvgIpc) is 3.67. The maximum atomic E-state index is 13.9. The Morgan fingerprint density at radius 3 is 2.57 bits per heavy atom. The molecule has 0 bridgehead atoms. The molecule has 4 rings (SSSR count). The molecule has 14 nitrogen and oxygen atoms in total. The first-order valence-electron chi connectivity index (χ1n) is 13.5. The van der Waals surface area contributed by atoms with Gasteiger partial charge in [-0.25, -0.2) is 23.3 Å². The van der Waals surface area contributed by atoms with Crippen molar-refractivity contribution in [2.75, 3.05) is 32.1 Å². The molecule has 236 valence electrons. The van der Waals surface area contributed by atoms with E-state index in [1.807, 2.05) is 19.9 Å². The third-order valence-electron chi connectivity index (χ3n) is 6.12. The highest BCUT2D eigenvalue weighted by molar-refractivity contribution is 7.89. The highest BCUT2D eigenvalue weighted by atomic mass is 32.2. The number of rotatable bonds is 14. The molecule has 2 amide bonds. The van der Waals surface area contributed by atoms with Crippen molar-refractivity contribution in [2.24, 2.45) is 5.92 Å². The number of methoxy groups -OCH3 is 1. The van der Waals surface area contributed by atoms with Crippen LogP contribution in [0.2, 0.25) is 0 Å². The molecular weight excluding hydrogens is 614 g/mol. The van der Waals surface area contributed by atoms with Crippen LogP contribution in [0.5, 0.6) is 5.75 Å². The predicted octanol–water partition coefficient (Wildman–Crippen LogP) is 3.84. The molecule has 2 unspecified atom stereocenters. The number of nitrogens with one attached hydrogen (secondary N) is 2. The molecule has 0 aliphatic rings. The quantitative estimate of drug-likeness (QED) is 0.181. The molecule has 2 aromatic heterocycles. The van der Waals surface area contributed by atoms with Crippen LogP contribution in [-0.2, 0) is 26.1 Å². The summed E-state index contributed by atoms with van der Waals surface area (Å²) in [5.74, 6) is 0.385. The van der Waals surface area contributed by atoms with E-state index in [1.54, 1.807) is 36.0 Å². The minimum Gasteiger partial charge on any atom is -0.491 e. The number of aliphatic hydroxyl groups excluding tert-OH is 1. The first-order chi connectivity index (χ1) is 21.0. The predicted molar refractivity (Wildman–Crippen MR) is 161 cm³/mol. The van der Waals surface area contributed by atoms with Crippen LogP contribution >= 0.6 is 11.3 Å². The fourth-order valence-electron chi connectivity index (χ4n) is 4.01. The van der Waals surface area contributed by atoms with Crippen LogP contribution in [0.25, 0.3) is 11.1 Å². The molecule has 0 fully saturated rings. The van der Waals surface area contributed by atoms with Gasteiger partial charge in [0.05, 0.1) is 34.5 Å². The number of nitrogens with zero attached hydrogens (tertiary/aromatic N) is 3. The van der Waals surface area contributed by atoms with Crippen molar-refractivity contribution < 1.29 is 41.7 Å². The number of fused-ring (bicyclic) bond motifs is 1. The van der Waals surface area contributed by atoms with E-state index in [-0.39, 0.29) is 48.7 Å². The molecule has 3 N–H and O–H groups in total. The largest absolute Gasteiger partial charge is 0.491 e. The summed E-state index contributed by atoms with van der Waals surface area (Å²) in [6.07, 6.45) is -1.43. The SMILES string of the molecule is COC(=O)Nc1nc2ccc(S(=O)(=O)N(CC(C)C)CC(O)C(COc3ccccc3)NC(=O)OCc3cncs3)cc2o1. The molecule has 0 saturated carbocycles. The van der Waals surface area contributed by atoms with Gasteiger partial charge in [0.1, 0.15) is 24.5 Å². The Morgan fingerprint density at radius 1 is 1.11 bits per heavy atom. The molecule has 0 spiro atoms. The summed E-state index contributed by atoms with van der Waals surface area (Å²) >= 11 is 1.32. The van der Waals surface area contributed by atoms with E-state index < -0.39 is 34.4 Å². The van der Waals surface area contributed by atoms with Gasteiger partial charge in [-0.1, -0.05) is 32.0 Å². The van der Waals surface area contributed by atoms with Gasteiger partial charge in [-0.05, 0) is 30.2 Å². The van der Waals surface area contributed by atoms with Crippen LogP contribution < -0.4 is 15.4 Å². The van der Waals surface area contributed by atoms with E-state index in [0.717, 1.165) is 9.18 Å². The Bertz CT molecular complexity index is 1630. The normalized spacial score (nSPS) is 13.0. The fraction of sp³-hybridized carbons (Fsp3) is 0.357. The monoisotopic (exact) mass is 647 g/mol. The van der Waals surface area contributed by atoms with Crippen LogP contribution in [0.4, 0.5) is 15.6 Å². The maximum Gasteiger partial charge on any atom is 0.414 e. The van der Waals surface area contributed by atoms with Crippen LogP contribution in [0.3, 0.4) is 0 Å². The van der Waals surface area contributed by atoms with Crippen molar-refractivity contribution in [3.05, 3.63) is 65.1 Å². The average molecular weight is 648 g/mol. The van der Waals surface area contributed by atoms with Gasteiger partial charge in [0, 0.05) is 25.4 Å². The molecule has 4 aromatic rings. The minimum atomic E-state index is -4.19. The Hall–Kier alpha value is -4.25. The topological polar surface area (TPSA) is 182 Å². The van der Waals surface area contributed by atoms with Crippen LogP contribution in [-0.4, -0.2) is 78.9 Å². The number of hydrogen-bond acceptors (Lipinski definition) is 12. The van der Waals surface area contributed by atoms with Crippen molar-refractivity contribution in [3.63, 3.8) is 0 Å². The fourth-order valence-corrected chi connectivity index (χ4v) is 6.16. The number of anilines is 1. The van der Waals surface area contributed by atoms with Crippen molar-refractivity contribution in [3.8, 4) is 5.75 Å². The Kier molecular flexibility index (Phi) is 11.1. The highest BCUT2D eigenvalue weighted by Gasteiger charge is 2.32. The molecule has 44 heavy (non-hydrogen) atoms. The van der Waals surface area contributed by atoms with E-state index in [9.17, 15) is 23.1 Å². The second-order valence-corrected chi connectivity index (χ2v) is 12.9. The van der Waals surface area contributed by atoms with E-state index >= 15 is 0 Å². The molecule has 0 saturated heterocycles. The number of benzene rings is 2. The first-order valence-corrected chi connectivity index (χ1v) is 15.8. The number of carbonyl (C=O) groups excluding carboxylic acids is 2. The summed E-state index contributed by atoms with van der Waals surface area (Å²) in [5, 5.41) is 16.2. The molecule has 16 heteroatoms. The van der Waals surface area contributed by atoms with E-state index in [1.165, 1.54) is 36.6 Å². The molecule has 2 aromatic carbocycles. The number of aromatic nitrogens is 2. The zero-order valence-electron chi connectivity index (χ0n) is 24.2. The Labute approximate surface area is 258 Å². The van der Waals surface area contributed by atoms with Crippen molar-refractivity contribution in [2.45, 2.75) is 37.5 Å². The summed E-state index contributed by atoms with van der Waals surface area (Å²) in [6, 6.07) is 11.7. The van der Waals surface area contributed by atoms with E-state index in [2.05, 4.69) is 25.3 Å². The van der Waals surface area contributed by atoms with Gasteiger partial charge in [-0.15, -0.1) is 11.3 Å². The number of carbonyl (C=O) groups is 2. The van der Waals surface area contributed by atoms with Gasteiger partial charge in [-0.2, -0.15) is 9.29 Å². The number of oxazole rings is 1. The summed E-state index contributed by atoms with van der Waals surface area (Å²) in [5.41, 5.74) is 2.03. The number of sulfonamides is 1. The third-order valence-corrected chi connectivity index (χ3v) is 8.70. The van der Waals surface area contributed by atoms with Gasteiger partial charge < -0.3 is 29.1 Å². The smallest absolute Gasteiger partial charge is 0.414 e. The summed E-state index contributed by atoms with van der Waals surface area (Å²) in [6.45, 7) is 3.17. The van der Waals surface area contributed by atoms with Crippen LogP contribution in [0.15, 0.2) is 69.6 Å². The van der Waals surface area contributed by atoms with Gasteiger partial charge in [0.15, 0.2) is 5.58 Å².